The van der Waals surface area contributed by atoms with Crippen molar-refractivity contribution in [3.05, 3.63) is 53.5 Å². The Morgan fingerprint density at radius 1 is 1.24 bits per heavy atom. The Labute approximate surface area is 141 Å². The molecule has 0 fully saturated rings. The van der Waals surface area contributed by atoms with Gasteiger partial charge in [0.05, 0.1) is 0 Å². The molecule has 0 spiro atoms. The standard InChI is InChI=1S/C16H15F3N6/c17-16(18,19)13-6-14(25-15(24-13)22-9-23-25)21-8-12-5-10-3-1-2-4-11(10)7-20-12/h1-4,6,9,12,20-21H,5,7-8H2. The second-order valence-corrected chi connectivity index (χ2v) is 5.93. The fraction of sp³-hybridized carbons (Fsp3) is 0.312. The third-order valence-electron chi connectivity index (χ3n) is 4.24. The molecule has 1 aromatic carbocycles. The fourth-order valence-electron chi connectivity index (χ4n) is 2.98. The first-order chi connectivity index (χ1) is 12.0. The Morgan fingerprint density at radius 3 is 2.84 bits per heavy atom. The number of nitrogens with one attached hydrogen (secondary N) is 2. The molecule has 25 heavy (non-hydrogen) atoms. The van der Waals surface area contributed by atoms with Gasteiger partial charge in [0.1, 0.15) is 12.1 Å². The zero-order chi connectivity index (χ0) is 17.4. The Hall–Kier alpha value is -2.68. The van der Waals surface area contributed by atoms with Gasteiger partial charge in [-0.05, 0) is 17.5 Å². The Bertz CT molecular complexity index is 904. The molecule has 1 aliphatic rings. The molecule has 1 atom stereocenters. The van der Waals surface area contributed by atoms with Crippen LogP contribution in [0.3, 0.4) is 0 Å². The van der Waals surface area contributed by atoms with E-state index >= 15 is 0 Å². The summed E-state index contributed by atoms with van der Waals surface area (Å²) in [6.45, 7) is 1.20. The van der Waals surface area contributed by atoms with Crippen molar-refractivity contribution in [3.63, 3.8) is 0 Å². The van der Waals surface area contributed by atoms with Crippen molar-refractivity contribution in [1.82, 2.24) is 24.9 Å². The number of hydrogen-bond acceptors (Lipinski definition) is 5. The molecule has 1 aliphatic heterocycles. The first-order valence-electron chi connectivity index (χ1n) is 7.83. The number of rotatable bonds is 3. The molecular formula is C16H15F3N6. The highest BCUT2D eigenvalue weighted by Gasteiger charge is 2.34. The number of alkyl halides is 3. The second-order valence-electron chi connectivity index (χ2n) is 5.93. The summed E-state index contributed by atoms with van der Waals surface area (Å²) in [6.07, 6.45) is -2.55. The van der Waals surface area contributed by atoms with Gasteiger partial charge >= 0.3 is 6.18 Å². The van der Waals surface area contributed by atoms with Crippen LogP contribution in [-0.2, 0) is 19.1 Å². The predicted molar refractivity (Wildman–Crippen MR) is 85.0 cm³/mol. The molecule has 0 bridgehead atoms. The van der Waals surface area contributed by atoms with E-state index in [1.807, 2.05) is 12.1 Å². The van der Waals surface area contributed by atoms with Gasteiger partial charge in [0.25, 0.3) is 5.78 Å². The summed E-state index contributed by atoms with van der Waals surface area (Å²) in [5, 5.41) is 10.4. The molecule has 0 saturated heterocycles. The summed E-state index contributed by atoms with van der Waals surface area (Å²) >= 11 is 0. The van der Waals surface area contributed by atoms with Gasteiger partial charge in [-0.1, -0.05) is 24.3 Å². The summed E-state index contributed by atoms with van der Waals surface area (Å²) < 4.78 is 40.3. The smallest absolute Gasteiger partial charge is 0.368 e. The second kappa shape index (κ2) is 5.99. The third kappa shape index (κ3) is 3.14. The average molecular weight is 348 g/mol. The summed E-state index contributed by atoms with van der Waals surface area (Å²) in [4.78, 5) is 7.26. The van der Waals surface area contributed by atoms with Crippen LogP contribution in [0.25, 0.3) is 5.78 Å². The average Bonchev–Trinajstić information content (AvgIpc) is 3.07. The van der Waals surface area contributed by atoms with E-state index in [-0.39, 0.29) is 17.6 Å². The van der Waals surface area contributed by atoms with Crippen molar-refractivity contribution in [2.45, 2.75) is 25.2 Å². The zero-order valence-corrected chi connectivity index (χ0v) is 13.1. The van der Waals surface area contributed by atoms with Crippen LogP contribution < -0.4 is 10.6 Å². The summed E-state index contributed by atoms with van der Waals surface area (Å²) in [5.74, 6) is 0.134. The minimum absolute atomic E-state index is 0.0840. The number of nitrogens with zero attached hydrogens (tertiary/aromatic N) is 4. The first kappa shape index (κ1) is 15.8. The van der Waals surface area contributed by atoms with Crippen LogP contribution in [0.15, 0.2) is 36.7 Å². The molecule has 0 amide bonds. The number of benzene rings is 1. The topological polar surface area (TPSA) is 67.1 Å². The summed E-state index contributed by atoms with van der Waals surface area (Å²) in [5.41, 5.74) is 1.52. The molecule has 130 valence electrons. The Kier molecular flexibility index (Phi) is 3.79. The molecule has 0 radical (unpaired) electrons. The predicted octanol–water partition coefficient (Wildman–Crippen LogP) is 2.27. The molecule has 6 nitrogen and oxygen atoms in total. The van der Waals surface area contributed by atoms with E-state index in [4.69, 9.17) is 0 Å². The van der Waals surface area contributed by atoms with Crippen LogP contribution in [0, 0.1) is 0 Å². The zero-order valence-electron chi connectivity index (χ0n) is 13.1. The van der Waals surface area contributed by atoms with Crippen LogP contribution in [-0.4, -0.2) is 32.2 Å². The molecule has 3 heterocycles. The molecular weight excluding hydrogens is 333 g/mol. The summed E-state index contributed by atoms with van der Waals surface area (Å²) in [7, 11) is 0. The lowest BCUT2D eigenvalue weighted by Gasteiger charge is -2.26. The van der Waals surface area contributed by atoms with Gasteiger partial charge in [0.2, 0.25) is 0 Å². The number of anilines is 1. The van der Waals surface area contributed by atoms with Gasteiger partial charge in [-0.15, -0.1) is 0 Å². The molecule has 0 aliphatic carbocycles. The SMILES string of the molecule is FC(F)(F)c1cc(NCC2Cc3ccccc3CN2)n2ncnc2n1. The van der Waals surface area contributed by atoms with Crippen LogP contribution in [0.2, 0.25) is 0 Å². The van der Waals surface area contributed by atoms with Gasteiger partial charge < -0.3 is 10.6 Å². The monoisotopic (exact) mass is 348 g/mol. The largest absolute Gasteiger partial charge is 0.433 e. The van der Waals surface area contributed by atoms with E-state index in [1.165, 1.54) is 22.0 Å². The van der Waals surface area contributed by atoms with Crippen molar-refractivity contribution < 1.29 is 13.2 Å². The fourth-order valence-corrected chi connectivity index (χ4v) is 2.98. The lowest BCUT2D eigenvalue weighted by atomic mass is 9.96. The maximum Gasteiger partial charge on any atom is 0.433 e. The summed E-state index contributed by atoms with van der Waals surface area (Å²) in [6, 6.07) is 9.20. The normalized spacial score (nSPS) is 17.5. The number of aromatic nitrogens is 4. The van der Waals surface area contributed by atoms with E-state index in [9.17, 15) is 13.2 Å². The van der Waals surface area contributed by atoms with Gasteiger partial charge in [0.15, 0.2) is 5.69 Å². The van der Waals surface area contributed by atoms with E-state index in [1.54, 1.807) is 0 Å². The minimum Gasteiger partial charge on any atom is -0.368 e. The van der Waals surface area contributed by atoms with Crippen LogP contribution in [0.1, 0.15) is 16.8 Å². The molecule has 2 N–H and O–H groups in total. The van der Waals surface area contributed by atoms with E-state index in [0.29, 0.717) is 6.54 Å². The Balaban J connectivity index is 1.54. The van der Waals surface area contributed by atoms with Gasteiger partial charge in [0, 0.05) is 25.2 Å². The van der Waals surface area contributed by atoms with Gasteiger partial charge in [-0.3, -0.25) is 0 Å². The highest BCUT2D eigenvalue weighted by Crippen LogP contribution is 2.29. The lowest BCUT2D eigenvalue weighted by molar-refractivity contribution is -0.141. The van der Waals surface area contributed by atoms with Crippen LogP contribution in [0.5, 0.6) is 0 Å². The molecule has 1 unspecified atom stereocenters. The van der Waals surface area contributed by atoms with Crippen molar-refractivity contribution >= 4 is 11.6 Å². The maximum absolute atomic E-state index is 13.0. The van der Waals surface area contributed by atoms with Crippen molar-refractivity contribution in [2.24, 2.45) is 0 Å². The first-order valence-corrected chi connectivity index (χ1v) is 7.83. The quantitative estimate of drug-likeness (QED) is 0.760. The van der Waals surface area contributed by atoms with Gasteiger partial charge in [-0.25, -0.2) is 4.98 Å². The third-order valence-corrected chi connectivity index (χ3v) is 4.24. The van der Waals surface area contributed by atoms with E-state index < -0.39 is 11.9 Å². The number of halogens is 3. The van der Waals surface area contributed by atoms with Crippen molar-refractivity contribution in [1.29, 1.82) is 0 Å². The highest BCUT2D eigenvalue weighted by molar-refractivity contribution is 5.46. The van der Waals surface area contributed by atoms with Crippen molar-refractivity contribution in [3.8, 4) is 0 Å². The van der Waals surface area contributed by atoms with Crippen LogP contribution >= 0.6 is 0 Å². The van der Waals surface area contributed by atoms with Gasteiger partial charge in [-0.2, -0.15) is 27.8 Å². The van der Waals surface area contributed by atoms with Crippen molar-refractivity contribution in [2.75, 3.05) is 11.9 Å². The Morgan fingerprint density at radius 2 is 2.04 bits per heavy atom. The molecule has 9 heteroatoms. The van der Waals surface area contributed by atoms with Crippen LogP contribution in [0.4, 0.5) is 19.0 Å². The molecule has 0 saturated carbocycles. The van der Waals surface area contributed by atoms with E-state index in [0.717, 1.165) is 19.0 Å². The lowest BCUT2D eigenvalue weighted by Crippen LogP contribution is -2.40. The number of hydrogen-bond donors (Lipinski definition) is 2. The number of fused-ring (bicyclic) bond motifs is 2. The molecule has 2 aromatic heterocycles. The highest BCUT2D eigenvalue weighted by atomic mass is 19.4. The molecule has 3 aromatic rings. The van der Waals surface area contributed by atoms with E-state index in [2.05, 4.69) is 37.8 Å². The maximum atomic E-state index is 13.0. The molecule has 4 rings (SSSR count). The minimum atomic E-state index is -4.54.